The van der Waals surface area contributed by atoms with Crippen LogP contribution in [0.5, 0.6) is 0 Å². The molecule has 0 spiro atoms. The van der Waals surface area contributed by atoms with E-state index in [1.54, 1.807) is 6.33 Å². The SMILES string of the molecule is NC1CCCC1CNc1ncnc2c1CCCCC2. The highest BCUT2D eigenvalue weighted by molar-refractivity contribution is 5.46. The molecule has 104 valence electrons. The number of aryl methyl sites for hydroxylation is 1. The Morgan fingerprint density at radius 1 is 1.11 bits per heavy atom. The fourth-order valence-electron chi connectivity index (χ4n) is 3.40. The lowest BCUT2D eigenvalue weighted by Crippen LogP contribution is -2.30. The van der Waals surface area contributed by atoms with E-state index in [2.05, 4.69) is 15.3 Å². The molecule has 3 rings (SSSR count). The van der Waals surface area contributed by atoms with Gasteiger partial charge in [-0.1, -0.05) is 12.8 Å². The molecule has 2 atom stereocenters. The summed E-state index contributed by atoms with van der Waals surface area (Å²) in [7, 11) is 0. The number of hydrogen-bond acceptors (Lipinski definition) is 4. The van der Waals surface area contributed by atoms with Gasteiger partial charge in [-0.2, -0.15) is 0 Å². The summed E-state index contributed by atoms with van der Waals surface area (Å²) in [6.07, 6.45) is 11.5. The molecule has 0 aliphatic heterocycles. The molecule has 4 heteroatoms. The lowest BCUT2D eigenvalue weighted by atomic mass is 10.0. The van der Waals surface area contributed by atoms with Crippen LogP contribution in [0, 0.1) is 5.92 Å². The first-order valence-corrected chi connectivity index (χ1v) is 7.67. The first-order valence-electron chi connectivity index (χ1n) is 7.67. The van der Waals surface area contributed by atoms with E-state index in [4.69, 9.17) is 5.73 Å². The summed E-state index contributed by atoms with van der Waals surface area (Å²) in [6.45, 7) is 0.963. The minimum Gasteiger partial charge on any atom is -0.369 e. The van der Waals surface area contributed by atoms with Gasteiger partial charge in [0.15, 0.2) is 0 Å². The van der Waals surface area contributed by atoms with Crippen molar-refractivity contribution in [1.29, 1.82) is 0 Å². The molecule has 1 heterocycles. The van der Waals surface area contributed by atoms with Crippen LogP contribution in [0.2, 0.25) is 0 Å². The standard InChI is InChI=1S/C15H24N4/c16-13-7-4-5-11(13)9-17-15-12-6-2-1-3-8-14(12)18-10-19-15/h10-11,13H,1-9,16H2,(H,17,18,19). The molecule has 0 radical (unpaired) electrons. The Balaban J connectivity index is 1.70. The van der Waals surface area contributed by atoms with E-state index in [1.165, 1.54) is 49.8 Å². The molecule has 2 aliphatic carbocycles. The zero-order valence-electron chi connectivity index (χ0n) is 11.6. The Hall–Kier alpha value is -1.16. The third-order valence-corrected chi connectivity index (χ3v) is 4.62. The largest absolute Gasteiger partial charge is 0.369 e. The molecular weight excluding hydrogens is 236 g/mol. The number of rotatable bonds is 3. The van der Waals surface area contributed by atoms with Crippen LogP contribution in [0.15, 0.2) is 6.33 Å². The highest BCUT2D eigenvalue weighted by Gasteiger charge is 2.24. The summed E-state index contributed by atoms with van der Waals surface area (Å²) in [4.78, 5) is 8.92. The molecule has 1 saturated carbocycles. The first-order chi connectivity index (χ1) is 9.34. The van der Waals surface area contributed by atoms with Crippen LogP contribution in [0.1, 0.15) is 49.8 Å². The van der Waals surface area contributed by atoms with E-state index in [0.29, 0.717) is 12.0 Å². The zero-order chi connectivity index (χ0) is 13.1. The molecule has 0 saturated heterocycles. The fraction of sp³-hybridized carbons (Fsp3) is 0.733. The average molecular weight is 260 g/mol. The van der Waals surface area contributed by atoms with Crippen molar-refractivity contribution in [2.24, 2.45) is 11.7 Å². The Labute approximate surface area is 115 Å². The van der Waals surface area contributed by atoms with Crippen molar-refractivity contribution in [2.75, 3.05) is 11.9 Å². The van der Waals surface area contributed by atoms with Crippen molar-refractivity contribution in [3.05, 3.63) is 17.6 Å². The predicted molar refractivity (Wildman–Crippen MR) is 77.1 cm³/mol. The summed E-state index contributed by atoms with van der Waals surface area (Å²) in [6, 6.07) is 0.368. The maximum atomic E-state index is 6.13. The van der Waals surface area contributed by atoms with Crippen LogP contribution in [0.3, 0.4) is 0 Å². The molecule has 1 aromatic heterocycles. The smallest absolute Gasteiger partial charge is 0.132 e. The van der Waals surface area contributed by atoms with Gasteiger partial charge in [-0.15, -0.1) is 0 Å². The summed E-state index contributed by atoms with van der Waals surface area (Å²) < 4.78 is 0. The van der Waals surface area contributed by atoms with E-state index in [-0.39, 0.29) is 0 Å². The lowest BCUT2D eigenvalue weighted by molar-refractivity contribution is 0.504. The van der Waals surface area contributed by atoms with Gasteiger partial charge in [-0.25, -0.2) is 9.97 Å². The molecule has 2 aliphatic rings. The van der Waals surface area contributed by atoms with Crippen LogP contribution in [-0.2, 0) is 12.8 Å². The number of aromatic nitrogens is 2. The van der Waals surface area contributed by atoms with Crippen molar-refractivity contribution < 1.29 is 0 Å². The number of nitrogens with zero attached hydrogens (tertiary/aromatic N) is 2. The monoisotopic (exact) mass is 260 g/mol. The van der Waals surface area contributed by atoms with Gasteiger partial charge in [0, 0.05) is 23.8 Å². The van der Waals surface area contributed by atoms with Gasteiger partial charge in [0.05, 0.1) is 0 Å². The molecule has 1 aromatic rings. The van der Waals surface area contributed by atoms with Crippen LogP contribution < -0.4 is 11.1 Å². The highest BCUT2D eigenvalue weighted by atomic mass is 15.0. The normalized spacial score (nSPS) is 26.8. The van der Waals surface area contributed by atoms with E-state index in [0.717, 1.165) is 25.2 Å². The molecular formula is C15H24N4. The minimum absolute atomic E-state index is 0.368. The molecule has 0 aromatic carbocycles. The van der Waals surface area contributed by atoms with Crippen molar-refractivity contribution in [2.45, 2.75) is 57.4 Å². The molecule has 2 unspecified atom stereocenters. The minimum atomic E-state index is 0.368. The van der Waals surface area contributed by atoms with Crippen LogP contribution >= 0.6 is 0 Å². The second-order valence-corrected chi connectivity index (χ2v) is 5.94. The summed E-state index contributed by atoms with van der Waals surface area (Å²) in [5.74, 6) is 1.67. The Bertz CT molecular complexity index is 432. The van der Waals surface area contributed by atoms with Gasteiger partial charge >= 0.3 is 0 Å². The van der Waals surface area contributed by atoms with Crippen molar-refractivity contribution in [1.82, 2.24) is 9.97 Å². The predicted octanol–water partition coefficient (Wildman–Crippen LogP) is 2.28. The van der Waals surface area contributed by atoms with E-state index in [1.807, 2.05) is 0 Å². The third-order valence-electron chi connectivity index (χ3n) is 4.62. The van der Waals surface area contributed by atoms with Crippen molar-refractivity contribution in [3.8, 4) is 0 Å². The van der Waals surface area contributed by atoms with Gasteiger partial charge in [0.25, 0.3) is 0 Å². The number of anilines is 1. The summed E-state index contributed by atoms with van der Waals surface area (Å²) >= 11 is 0. The second-order valence-electron chi connectivity index (χ2n) is 5.94. The molecule has 0 bridgehead atoms. The summed E-state index contributed by atoms with van der Waals surface area (Å²) in [5.41, 5.74) is 8.74. The van der Waals surface area contributed by atoms with Gasteiger partial charge in [-0.05, 0) is 44.4 Å². The molecule has 19 heavy (non-hydrogen) atoms. The van der Waals surface area contributed by atoms with Gasteiger partial charge in [-0.3, -0.25) is 0 Å². The molecule has 1 fully saturated rings. The van der Waals surface area contributed by atoms with Crippen molar-refractivity contribution >= 4 is 5.82 Å². The number of fused-ring (bicyclic) bond motifs is 1. The lowest BCUT2D eigenvalue weighted by Gasteiger charge is -2.18. The zero-order valence-corrected chi connectivity index (χ0v) is 11.6. The number of hydrogen-bond donors (Lipinski definition) is 2. The second kappa shape index (κ2) is 5.87. The van der Waals surface area contributed by atoms with Gasteiger partial charge < -0.3 is 11.1 Å². The maximum absolute atomic E-state index is 6.13. The molecule has 0 amide bonds. The third kappa shape index (κ3) is 2.89. The van der Waals surface area contributed by atoms with Gasteiger partial charge in [0.2, 0.25) is 0 Å². The Morgan fingerprint density at radius 3 is 2.84 bits per heavy atom. The molecule has 3 N–H and O–H groups in total. The van der Waals surface area contributed by atoms with E-state index in [9.17, 15) is 0 Å². The highest BCUT2D eigenvalue weighted by Crippen LogP contribution is 2.27. The van der Waals surface area contributed by atoms with Gasteiger partial charge in [0.1, 0.15) is 12.1 Å². The van der Waals surface area contributed by atoms with E-state index >= 15 is 0 Å². The fourth-order valence-corrected chi connectivity index (χ4v) is 3.40. The number of nitrogens with two attached hydrogens (primary N) is 1. The first kappa shape index (κ1) is 12.9. The average Bonchev–Trinajstić information content (AvgIpc) is 2.69. The van der Waals surface area contributed by atoms with E-state index < -0.39 is 0 Å². The topological polar surface area (TPSA) is 63.8 Å². The Kier molecular flexibility index (Phi) is 3.97. The van der Waals surface area contributed by atoms with Crippen LogP contribution in [0.4, 0.5) is 5.82 Å². The van der Waals surface area contributed by atoms with Crippen LogP contribution in [-0.4, -0.2) is 22.6 Å². The summed E-state index contributed by atoms with van der Waals surface area (Å²) in [5, 5.41) is 3.54. The van der Waals surface area contributed by atoms with Crippen LogP contribution in [0.25, 0.3) is 0 Å². The molecule has 4 nitrogen and oxygen atoms in total. The maximum Gasteiger partial charge on any atom is 0.132 e. The Morgan fingerprint density at radius 2 is 2.00 bits per heavy atom. The number of nitrogens with one attached hydrogen (secondary N) is 1. The van der Waals surface area contributed by atoms with Crippen molar-refractivity contribution in [3.63, 3.8) is 0 Å². The quantitative estimate of drug-likeness (QED) is 0.818.